The minimum absolute atomic E-state index is 0.0590. The summed E-state index contributed by atoms with van der Waals surface area (Å²) in [4.78, 5) is 19.4. The van der Waals surface area contributed by atoms with Crippen LogP contribution in [-0.2, 0) is 4.74 Å². The fourth-order valence-electron chi connectivity index (χ4n) is 4.25. The van der Waals surface area contributed by atoms with Crippen molar-refractivity contribution in [1.82, 2.24) is 4.90 Å². The van der Waals surface area contributed by atoms with Crippen LogP contribution in [0.5, 0.6) is 0 Å². The molecule has 0 spiro atoms. The van der Waals surface area contributed by atoms with E-state index in [1.54, 1.807) is 24.3 Å². The van der Waals surface area contributed by atoms with Gasteiger partial charge in [0.1, 0.15) is 12.6 Å². The SMILES string of the molecule is O=C(c1ccc(Cl)cc1)N1CCC(=Cc2ccc(C3=N[C@H](c4ccccc4)CO3)cc2)CC1. The fraction of sp³-hybridized carbons (Fsp3) is 0.214. The van der Waals surface area contributed by atoms with Gasteiger partial charge in [0.05, 0.1) is 0 Å². The molecular weight excluding hydrogens is 432 g/mol. The van der Waals surface area contributed by atoms with Crippen LogP contribution in [0.15, 0.2) is 89.4 Å². The minimum Gasteiger partial charge on any atom is -0.475 e. The van der Waals surface area contributed by atoms with Gasteiger partial charge in [-0.15, -0.1) is 0 Å². The lowest BCUT2D eigenvalue weighted by atomic mass is 9.99. The standard InChI is InChI=1S/C28H25ClN2O2/c29-25-12-10-24(11-13-25)28(32)31-16-14-21(15-17-31)18-20-6-8-23(9-7-20)27-30-26(19-33-27)22-4-2-1-3-5-22/h1-13,18,26H,14-17,19H2/t26-/m0/s1. The Bertz CT molecular complexity index is 1170. The van der Waals surface area contributed by atoms with Crippen molar-refractivity contribution in [3.8, 4) is 0 Å². The molecule has 3 aromatic carbocycles. The summed E-state index contributed by atoms with van der Waals surface area (Å²) in [6, 6.07) is 25.8. The van der Waals surface area contributed by atoms with Crippen LogP contribution in [0.2, 0.25) is 5.02 Å². The topological polar surface area (TPSA) is 41.9 Å². The van der Waals surface area contributed by atoms with E-state index in [-0.39, 0.29) is 11.9 Å². The zero-order chi connectivity index (χ0) is 22.6. The average molecular weight is 457 g/mol. The molecule has 0 saturated carbocycles. The third kappa shape index (κ3) is 5.01. The lowest BCUT2D eigenvalue weighted by molar-refractivity contribution is 0.0744. The molecule has 0 bridgehead atoms. The number of benzene rings is 3. The number of carbonyl (C=O) groups excluding carboxylic acids is 1. The molecule has 0 unspecified atom stereocenters. The smallest absolute Gasteiger partial charge is 0.253 e. The van der Waals surface area contributed by atoms with Gasteiger partial charge in [-0.25, -0.2) is 4.99 Å². The van der Waals surface area contributed by atoms with Gasteiger partial charge in [0.15, 0.2) is 0 Å². The summed E-state index contributed by atoms with van der Waals surface area (Å²) in [6.07, 6.45) is 4.00. The summed E-state index contributed by atoms with van der Waals surface area (Å²) in [6.45, 7) is 2.05. The van der Waals surface area contributed by atoms with E-state index in [4.69, 9.17) is 21.3 Å². The van der Waals surface area contributed by atoms with E-state index < -0.39 is 0 Å². The van der Waals surface area contributed by atoms with Crippen molar-refractivity contribution in [2.24, 2.45) is 4.99 Å². The lowest BCUT2D eigenvalue weighted by Crippen LogP contribution is -2.36. The highest BCUT2D eigenvalue weighted by Gasteiger charge is 2.22. The normalized spacial score (nSPS) is 18.0. The highest BCUT2D eigenvalue weighted by atomic mass is 35.5. The molecule has 0 radical (unpaired) electrons. The molecule has 1 fully saturated rings. The molecule has 1 atom stereocenters. The van der Waals surface area contributed by atoms with Gasteiger partial charge in [-0.3, -0.25) is 4.79 Å². The number of aliphatic imine (C=N–C) groups is 1. The first kappa shape index (κ1) is 21.5. The highest BCUT2D eigenvalue weighted by Crippen LogP contribution is 2.26. The number of ether oxygens (including phenoxy) is 1. The minimum atomic E-state index is 0.0590. The number of carbonyl (C=O) groups is 1. The summed E-state index contributed by atoms with van der Waals surface area (Å²) in [5.41, 5.74) is 5.38. The van der Waals surface area contributed by atoms with Crippen molar-refractivity contribution in [1.29, 1.82) is 0 Å². The van der Waals surface area contributed by atoms with Gasteiger partial charge in [-0.05, 0) is 60.4 Å². The molecule has 1 amide bonds. The van der Waals surface area contributed by atoms with Crippen LogP contribution in [0.4, 0.5) is 0 Å². The first-order valence-electron chi connectivity index (χ1n) is 11.3. The second kappa shape index (κ2) is 9.63. The van der Waals surface area contributed by atoms with Crippen molar-refractivity contribution in [3.63, 3.8) is 0 Å². The van der Waals surface area contributed by atoms with Crippen molar-refractivity contribution < 1.29 is 9.53 Å². The zero-order valence-corrected chi connectivity index (χ0v) is 19.0. The lowest BCUT2D eigenvalue weighted by Gasteiger charge is -2.28. The Morgan fingerprint density at radius 2 is 1.64 bits per heavy atom. The molecule has 2 aliphatic heterocycles. The van der Waals surface area contributed by atoms with Crippen LogP contribution >= 0.6 is 11.6 Å². The van der Waals surface area contributed by atoms with Gasteiger partial charge in [0.25, 0.3) is 5.91 Å². The van der Waals surface area contributed by atoms with Crippen LogP contribution in [0.3, 0.4) is 0 Å². The van der Waals surface area contributed by atoms with Crippen LogP contribution < -0.4 is 0 Å². The molecule has 4 nitrogen and oxygen atoms in total. The van der Waals surface area contributed by atoms with E-state index >= 15 is 0 Å². The van der Waals surface area contributed by atoms with E-state index in [0.717, 1.165) is 37.1 Å². The van der Waals surface area contributed by atoms with Crippen molar-refractivity contribution in [3.05, 3.63) is 112 Å². The van der Waals surface area contributed by atoms with Crippen LogP contribution in [0.1, 0.15) is 45.9 Å². The number of halogens is 1. The molecule has 0 aliphatic carbocycles. The van der Waals surface area contributed by atoms with Gasteiger partial charge >= 0.3 is 0 Å². The van der Waals surface area contributed by atoms with Gasteiger partial charge in [0, 0.05) is 29.2 Å². The van der Waals surface area contributed by atoms with E-state index in [1.807, 2.05) is 23.1 Å². The summed E-state index contributed by atoms with van der Waals surface area (Å²) >= 11 is 5.93. The first-order valence-corrected chi connectivity index (χ1v) is 11.6. The summed E-state index contributed by atoms with van der Waals surface area (Å²) in [5.74, 6) is 0.776. The monoisotopic (exact) mass is 456 g/mol. The van der Waals surface area contributed by atoms with E-state index in [0.29, 0.717) is 23.1 Å². The number of likely N-dealkylation sites (tertiary alicyclic amines) is 1. The van der Waals surface area contributed by atoms with E-state index in [9.17, 15) is 4.79 Å². The highest BCUT2D eigenvalue weighted by molar-refractivity contribution is 6.30. The van der Waals surface area contributed by atoms with Gasteiger partial charge in [0.2, 0.25) is 5.90 Å². The molecule has 5 rings (SSSR count). The van der Waals surface area contributed by atoms with Crippen molar-refractivity contribution in [2.75, 3.05) is 19.7 Å². The fourth-order valence-corrected chi connectivity index (χ4v) is 4.38. The molecule has 5 heteroatoms. The van der Waals surface area contributed by atoms with Crippen LogP contribution in [0.25, 0.3) is 6.08 Å². The summed E-state index contributed by atoms with van der Waals surface area (Å²) < 4.78 is 5.86. The molecule has 3 aromatic rings. The van der Waals surface area contributed by atoms with E-state index in [1.165, 1.54) is 11.1 Å². The molecular formula is C28H25ClN2O2. The quantitative estimate of drug-likeness (QED) is 0.470. The van der Waals surface area contributed by atoms with Crippen molar-refractivity contribution >= 4 is 29.5 Å². The third-order valence-corrected chi connectivity index (χ3v) is 6.40. The maximum Gasteiger partial charge on any atom is 0.253 e. The van der Waals surface area contributed by atoms with Gasteiger partial charge in [-0.2, -0.15) is 0 Å². The Kier molecular flexibility index (Phi) is 6.27. The molecule has 0 N–H and O–H groups in total. The number of hydrogen-bond acceptors (Lipinski definition) is 3. The Balaban J connectivity index is 1.20. The average Bonchev–Trinajstić information content (AvgIpc) is 3.36. The molecule has 166 valence electrons. The van der Waals surface area contributed by atoms with Crippen molar-refractivity contribution in [2.45, 2.75) is 18.9 Å². The number of amides is 1. The Labute approximate surface area is 199 Å². The Hall–Kier alpha value is -3.37. The number of piperidine rings is 1. The number of hydrogen-bond donors (Lipinski definition) is 0. The predicted octanol–water partition coefficient (Wildman–Crippen LogP) is 6.18. The van der Waals surface area contributed by atoms with Crippen LogP contribution in [0, 0.1) is 0 Å². The second-order valence-corrected chi connectivity index (χ2v) is 8.83. The largest absolute Gasteiger partial charge is 0.475 e. The first-order chi connectivity index (χ1) is 16.2. The number of nitrogens with zero attached hydrogens (tertiary/aromatic N) is 2. The maximum absolute atomic E-state index is 12.7. The third-order valence-electron chi connectivity index (χ3n) is 6.15. The summed E-state index contributed by atoms with van der Waals surface area (Å²) in [7, 11) is 0. The van der Waals surface area contributed by atoms with Gasteiger partial charge in [-0.1, -0.05) is 65.7 Å². The summed E-state index contributed by atoms with van der Waals surface area (Å²) in [5, 5.41) is 0.643. The predicted molar refractivity (Wildman–Crippen MR) is 133 cm³/mol. The molecule has 33 heavy (non-hydrogen) atoms. The van der Waals surface area contributed by atoms with Gasteiger partial charge < -0.3 is 9.64 Å². The van der Waals surface area contributed by atoms with E-state index in [2.05, 4.69) is 42.5 Å². The molecule has 1 saturated heterocycles. The molecule has 2 aliphatic rings. The number of rotatable bonds is 4. The zero-order valence-electron chi connectivity index (χ0n) is 18.3. The maximum atomic E-state index is 12.7. The molecule has 0 aromatic heterocycles. The second-order valence-electron chi connectivity index (χ2n) is 8.40. The van der Waals surface area contributed by atoms with Crippen LogP contribution in [-0.4, -0.2) is 36.4 Å². The molecule has 2 heterocycles. The Morgan fingerprint density at radius 1 is 0.939 bits per heavy atom. The Morgan fingerprint density at radius 3 is 2.33 bits per heavy atom.